The Morgan fingerprint density at radius 2 is 1.96 bits per heavy atom. The van der Waals surface area contributed by atoms with E-state index in [1.165, 1.54) is 44.1 Å². The summed E-state index contributed by atoms with van der Waals surface area (Å²) in [5, 5.41) is 10.7. The molecule has 1 heterocycles. The number of carbonyl (C=O) groups is 1. The molecule has 0 spiro atoms. The Hall–Kier alpha value is -1.81. The quantitative estimate of drug-likeness (QED) is 0.671. The molecule has 130 valence electrons. The highest BCUT2D eigenvalue weighted by atomic mass is 16.5. The van der Waals surface area contributed by atoms with Crippen molar-refractivity contribution in [2.24, 2.45) is 0 Å². The average Bonchev–Trinajstić information content (AvgIpc) is 2.87. The van der Waals surface area contributed by atoms with Crippen molar-refractivity contribution in [3.63, 3.8) is 0 Å². The Balaban J connectivity index is 1.90. The van der Waals surface area contributed by atoms with Gasteiger partial charge in [-0.05, 0) is 37.3 Å². The molecule has 0 bridgehead atoms. The summed E-state index contributed by atoms with van der Waals surface area (Å²) in [7, 11) is 1.90. The number of benzene rings is 1. The Morgan fingerprint density at radius 3 is 2.62 bits per heavy atom. The maximum absolute atomic E-state index is 12.1. The summed E-state index contributed by atoms with van der Waals surface area (Å²) < 4.78 is 5.08. The highest BCUT2D eigenvalue weighted by molar-refractivity contribution is 5.92. The molecule has 1 aliphatic carbocycles. The summed E-state index contributed by atoms with van der Waals surface area (Å²) in [4.78, 5) is 14.0. The molecule has 1 atom stereocenters. The minimum Gasteiger partial charge on any atom is -0.463 e. The lowest BCUT2D eigenvalue weighted by Crippen LogP contribution is -2.25. The van der Waals surface area contributed by atoms with Crippen LogP contribution in [0.25, 0.3) is 0 Å². The monoisotopic (exact) mass is 329 g/mol. The Bertz CT molecular complexity index is 630. The Labute approximate surface area is 144 Å². The van der Waals surface area contributed by atoms with Crippen LogP contribution in [0.4, 0.5) is 5.69 Å². The number of fused-ring (bicyclic) bond motifs is 1. The van der Waals surface area contributed by atoms with E-state index in [1.807, 2.05) is 11.9 Å². The number of anilines is 1. The van der Waals surface area contributed by atoms with Crippen molar-refractivity contribution in [3.05, 3.63) is 41.1 Å². The molecule has 0 saturated heterocycles. The molecule has 1 fully saturated rings. The van der Waals surface area contributed by atoms with Crippen LogP contribution in [0.5, 0.6) is 0 Å². The normalized spacial score (nSPS) is 21.7. The van der Waals surface area contributed by atoms with E-state index in [2.05, 4.69) is 18.2 Å². The predicted molar refractivity (Wildman–Crippen MR) is 95.0 cm³/mol. The van der Waals surface area contributed by atoms with Crippen LogP contribution >= 0.6 is 0 Å². The third kappa shape index (κ3) is 3.34. The van der Waals surface area contributed by atoms with Gasteiger partial charge >= 0.3 is 5.97 Å². The lowest BCUT2D eigenvalue weighted by molar-refractivity contribution is -0.139. The number of esters is 1. The molecule has 2 aliphatic rings. The highest BCUT2D eigenvalue weighted by Crippen LogP contribution is 2.40. The van der Waals surface area contributed by atoms with Gasteiger partial charge in [-0.25, -0.2) is 4.79 Å². The minimum absolute atomic E-state index is 0.307. The summed E-state index contributed by atoms with van der Waals surface area (Å²) in [5.74, 6) is 0.120. The van der Waals surface area contributed by atoms with Gasteiger partial charge in [0.25, 0.3) is 0 Å². The fraction of sp³-hybridized carbons (Fsp3) is 0.550. The van der Waals surface area contributed by atoms with Crippen LogP contribution in [-0.2, 0) is 9.53 Å². The number of rotatable bonds is 3. The van der Waals surface area contributed by atoms with Crippen LogP contribution in [0.2, 0.25) is 0 Å². The van der Waals surface area contributed by atoms with E-state index in [-0.39, 0.29) is 0 Å². The summed E-state index contributed by atoms with van der Waals surface area (Å²) in [6, 6.07) is 6.34. The van der Waals surface area contributed by atoms with Crippen molar-refractivity contribution in [2.75, 3.05) is 18.6 Å². The van der Waals surface area contributed by atoms with Crippen molar-refractivity contribution < 1.29 is 14.6 Å². The second-order valence-electron chi connectivity index (χ2n) is 6.83. The van der Waals surface area contributed by atoms with E-state index in [9.17, 15) is 9.90 Å². The minimum atomic E-state index is -0.916. The van der Waals surface area contributed by atoms with E-state index < -0.39 is 12.1 Å². The van der Waals surface area contributed by atoms with Crippen LogP contribution < -0.4 is 4.90 Å². The van der Waals surface area contributed by atoms with Gasteiger partial charge in [0.05, 0.1) is 12.2 Å². The molecule has 0 radical (unpaired) electrons. The van der Waals surface area contributed by atoms with Crippen molar-refractivity contribution in [3.8, 4) is 0 Å². The smallest absolute Gasteiger partial charge is 0.338 e. The summed E-state index contributed by atoms with van der Waals surface area (Å²) in [6.45, 7) is 2.08. The second kappa shape index (κ2) is 7.39. The zero-order chi connectivity index (χ0) is 17.1. The molecule has 1 aromatic carbocycles. The largest absolute Gasteiger partial charge is 0.463 e. The summed E-state index contributed by atoms with van der Waals surface area (Å²) in [5.41, 5.74) is 3.36. The van der Waals surface area contributed by atoms with Gasteiger partial charge in [-0.1, -0.05) is 37.8 Å². The lowest BCUT2D eigenvalue weighted by atomic mass is 9.87. The SMILES string of the molecule is CCOC(=O)C1=CN(C)c2ccc(C3CCCCCC3)cc2C1O. The zero-order valence-corrected chi connectivity index (χ0v) is 14.6. The van der Waals surface area contributed by atoms with Gasteiger partial charge in [0.15, 0.2) is 0 Å². The first kappa shape index (κ1) is 17.0. The number of carbonyl (C=O) groups excluding carboxylic acids is 1. The van der Waals surface area contributed by atoms with Gasteiger partial charge in [0, 0.05) is 24.5 Å². The van der Waals surface area contributed by atoms with Gasteiger partial charge in [0.2, 0.25) is 0 Å². The van der Waals surface area contributed by atoms with Crippen LogP contribution in [0.3, 0.4) is 0 Å². The average molecular weight is 329 g/mol. The standard InChI is InChI=1S/C20H27NO3/c1-3-24-20(23)17-13-21(2)18-11-10-15(12-16(18)19(17)22)14-8-6-4-5-7-9-14/h10-14,19,22H,3-9H2,1-2H3. The number of hydrogen-bond donors (Lipinski definition) is 1. The molecular weight excluding hydrogens is 302 g/mol. The van der Waals surface area contributed by atoms with Crippen molar-refractivity contribution in [1.82, 2.24) is 0 Å². The van der Waals surface area contributed by atoms with Crippen molar-refractivity contribution in [1.29, 1.82) is 0 Å². The fourth-order valence-corrected chi connectivity index (χ4v) is 3.87. The topological polar surface area (TPSA) is 49.8 Å². The molecule has 1 aromatic rings. The van der Waals surface area contributed by atoms with E-state index in [1.54, 1.807) is 13.1 Å². The molecule has 4 nitrogen and oxygen atoms in total. The fourth-order valence-electron chi connectivity index (χ4n) is 3.87. The number of ether oxygens (including phenoxy) is 1. The maximum Gasteiger partial charge on any atom is 0.338 e. The number of aliphatic hydroxyl groups is 1. The first-order valence-electron chi connectivity index (χ1n) is 9.05. The van der Waals surface area contributed by atoms with E-state index in [0.29, 0.717) is 18.1 Å². The second-order valence-corrected chi connectivity index (χ2v) is 6.83. The van der Waals surface area contributed by atoms with Gasteiger partial charge in [-0.3, -0.25) is 0 Å². The van der Waals surface area contributed by atoms with Gasteiger partial charge in [-0.15, -0.1) is 0 Å². The highest BCUT2D eigenvalue weighted by Gasteiger charge is 2.30. The van der Waals surface area contributed by atoms with Crippen molar-refractivity contribution >= 4 is 11.7 Å². The number of nitrogens with zero attached hydrogens (tertiary/aromatic N) is 1. The Kier molecular flexibility index (Phi) is 5.24. The van der Waals surface area contributed by atoms with E-state index >= 15 is 0 Å². The Morgan fingerprint density at radius 1 is 1.25 bits per heavy atom. The molecule has 0 amide bonds. The summed E-state index contributed by atoms with van der Waals surface area (Å²) in [6.07, 6.45) is 8.38. The zero-order valence-electron chi connectivity index (χ0n) is 14.6. The van der Waals surface area contributed by atoms with Crippen LogP contribution in [0.15, 0.2) is 30.0 Å². The molecular formula is C20H27NO3. The number of aliphatic hydroxyl groups excluding tert-OH is 1. The van der Waals surface area contributed by atoms with Gasteiger partial charge < -0.3 is 14.7 Å². The first-order chi connectivity index (χ1) is 11.6. The maximum atomic E-state index is 12.1. The first-order valence-corrected chi connectivity index (χ1v) is 9.05. The molecule has 1 unspecified atom stereocenters. The number of hydrogen-bond acceptors (Lipinski definition) is 4. The van der Waals surface area contributed by atoms with Crippen LogP contribution in [-0.4, -0.2) is 24.7 Å². The molecule has 1 N–H and O–H groups in total. The van der Waals surface area contributed by atoms with Crippen molar-refractivity contribution in [2.45, 2.75) is 57.5 Å². The molecule has 1 saturated carbocycles. The molecule has 4 heteroatoms. The lowest BCUT2D eigenvalue weighted by Gasteiger charge is -2.30. The van der Waals surface area contributed by atoms with Crippen LogP contribution in [0, 0.1) is 0 Å². The third-order valence-electron chi connectivity index (χ3n) is 5.19. The van der Waals surface area contributed by atoms with E-state index in [0.717, 1.165) is 11.3 Å². The molecule has 24 heavy (non-hydrogen) atoms. The molecule has 0 aromatic heterocycles. The predicted octanol–water partition coefficient (Wildman–Crippen LogP) is 4.05. The third-order valence-corrected chi connectivity index (χ3v) is 5.19. The van der Waals surface area contributed by atoms with E-state index in [4.69, 9.17) is 4.74 Å². The molecule has 1 aliphatic heterocycles. The van der Waals surface area contributed by atoms with Gasteiger partial charge in [0.1, 0.15) is 6.10 Å². The molecule has 3 rings (SSSR count). The summed E-state index contributed by atoms with van der Waals surface area (Å²) >= 11 is 0. The van der Waals surface area contributed by atoms with Gasteiger partial charge in [-0.2, -0.15) is 0 Å². The van der Waals surface area contributed by atoms with Crippen LogP contribution in [0.1, 0.15) is 68.6 Å².